The van der Waals surface area contributed by atoms with Crippen LogP contribution in [0.1, 0.15) is 40.0 Å². The lowest BCUT2D eigenvalue weighted by atomic mass is 9.74. The van der Waals surface area contributed by atoms with Crippen molar-refractivity contribution >= 4 is 0 Å². The van der Waals surface area contributed by atoms with Gasteiger partial charge < -0.3 is 5.73 Å². The minimum Gasteiger partial charge on any atom is -0.402 e. The lowest BCUT2D eigenvalue weighted by Crippen LogP contribution is -2.23. The molecule has 0 saturated heterocycles. The van der Waals surface area contributed by atoms with Gasteiger partial charge in [-0.1, -0.05) is 26.8 Å². The first-order chi connectivity index (χ1) is 5.00. The Bertz CT molecular complexity index is 162. The van der Waals surface area contributed by atoms with Gasteiger partial charge in [-0.25, -0.2) is 0 Å². The summed E-state index contributed by atoms with van der Waals surface area (Å²) in [6, 6.07) is 0. The average molecular weight is 153 g/mol. The molecule has 64 valence electrons. The zero-order chi connectivity index (χ0) is 8.48. The van der Waals surface area contributed by atoms with Crippen molar-refractivity contribution in [1.82, 2.24) is 0 Å². The summed E-state index contributed by atoms with van der Waals surface area (Å²) in [6.45, 7) is 6.94. The van der Waals surface area contributed by atoms with Gasteiger partial charge in [0.05, 0.1) is 0 Å². The fraction of sp³-hybridized carbons (Fsp3) is 0.800. The zero-order valence-corrected chi connectivity index (χ0v) is 7.85. The van der Waals surface area contributed by atoms with Crippen molar-refractivity contribution in [1.29, 1.82) is 0 Å². The monoisotopic (exact) mass is 153 g/mol. The highest BCUT2D eigenvalue weighted by atomic mass is 14.6. The van der Waals surface area contributed by atoms with Crippen LogP contribution in [0.2, 0.25) is 0 Å². The Balaban J connectivity index is 2.54. The van der Waals surface area contributed by atoms with Crippen molar-refractivity contribution in [2.75, 3.05) is 0 Å². The molecule has 0 bridgehead atoms. The predicted octanol–water partition coefficient (Wildman–Crippen LogP) is 2.68. The van der Waals surface area contributed by atoms with Gasteiger partial charge in [0.25, 0.3) is 0 Å². The number of hydrogen-bond acceptors (Lipinski definition) is 1. The van der Waals surface area contributed by atoms with Crippen molar-refractivity contribution in [2.45, 2.75) is 40.0 Å². The van der Waals surface area contributed by atoms with Crippen LogP contribution in [-0.2, 0) is 0 Å². The van der Waals surface area contributed by atoms with E-state index in [0.29, 0.717) is 5.41 Å². The first-order valence-corrected chi connectivity index (χ1v) is 4.44. The minimum absolute atomic E-state index is 0.456. The normalized spacial score (nSPS) is 26.5. The lowest BCUT2D eigenvalue weighted by molar-refractivity contribution is 0.220. The molecule has 0 aromatic rings. The third-order valence-electron chi connectivity index (χ3n) is 2.67. The summed E-state index contributed by atoms with van der Waals surface area (Å²) in [5.74, 6) is 0.829. The molecule has 0 aliphatic heterocycles. The number of rotatable bonds is 0. The van der Waals surface area contributed by atoms with E-state index in [2.05, 4.69) is 26.8 Å². The third-order valence-corrected chi connectivity index (χ3v) is 2.67. The molecule has 1 aliphatic carbocycles. The van der Waals surface area contributed by atoms with E-state index < -0.39 is 0 Å². The van der Waals surface area contributed by atoms with E-state index in [-0.39, 0.29) is 0 Å². The highest BCUT2D eigenvalue weighted by molar-refractivity contribution is 5.03. The molecule has 1 heteroatoms. The van der Waals surface area contributed by atoms with Crippen molar-refractivity contribution in [3.63, 3.8) is 0 Å². The van der Waals surface area contributed by atoms with Gasteiger partial charge in [-0.3, -0.25) is 0 Å². The Kier molecular flexibility index (Phi) is 2.26. The first kappa shape index (κ1) is 8.63. The Labute approximate surface area is 69.7 Å². The molecule has 0 amide bonds. The van der Waals surface area contributed by atoms with Gasteiger partial charge in [0.15, 0.2) is 0 Å². The minimum atomic E-state index is 0.456. The van der Waals surface area contributed by atoms with Crippen molar-refractivity contribution in [3.05, 3.63) is 11.8 Å². The summed E-state index contributed by atoms with van der Waals surface area (Å²) in [4.78, 5) is 0. The van der Waals surface area contributed by atoms with Gasteiger partial charge in [-0.2, -0.15) is 0 Å². The Morgan fingerprint density at radius 1 is 1.45 bits per heavy atom. The number of hydrogen-bond donors (Lipinski definition) is 1. The molecule has 0 radical (unpaired) electrons. The van der Waals surface area contributed by atoms with Gasteiger partial charge in [0.2, 0.25) is 0 Å². The highest BCUT2D eigenvalue weighted by Gasteiger charge is 2.25. The second-order valence-electron chi connectivity index (χ2n) is 4.62. The van der Waals surface area contributed by atoms with E-state index >= 15 is 0 Å². The summed E-state index contributed by atoms with van der Waals surface area (Å²) in [6.07, 6.45) is 5.74. The van der Waals surface area contributed by atoms with Crippen LogP contribution in [-0.4, -0.2) is 0 Å². The fourth-order valence-electron chi connectivity index (χ4n) is 1.64. The van der Waals surface area contributed by atoms with Crippen LogP contribution in [0.25, 0.3) is 0 Å². The van der Waals surface area contributed by atoms with E-state index in [9.17, 15) is 0 Å². The quantitative estimate of drug-likeness (QED) is 0.569. The summed E-state index contributed by atoms with van der Waals surface area (Å²) >= 11 is 0. The molecule has 2 N–H and O–H groups in total. The van der Waals surface area contributed by atoms with E-state index in [4.69, 9.17) is 5.73 Å². The van der Waals surface area contributed by atoms with E-state index in [1.807, 2.05) is 0 Å². The van der Waals surface area contributed by atoms with E-state index in [1.54, 1.807) is 0 Å². The second kappa shape index (κ2) is 2.88. The van der Waals surface area contributed by atoms with Gasteiger partial charge in [-0.05, 0) is 30.6 Å². The molecule has 1 unspecified atom stereocenters. The Hall–Kier alpha value is -0.460. The number of nitrogens with two attached hydrogens (primary N) is 1. The molecule has 0 fully saturated rings. The summed E-state index contributed by atoms with van der Waals surface area (Å²) in [7, 11) is 0. The molecular formula is C10H19N. The van der Waals surface area contributed by atoms with Gasteiger partial charge in [0.1, 0.15) is 0 Å². The molecule has 0 aromatic heterocycles. The molecule has 0 spiro atoms. The SMILES string of the molecule is CC(C)(C)C1CC=C(N)CC1. The third kappa shape index (κ3) is 2.25. The molecule has 1 aliphatic rings. The van der Waals surface area contributed by atoms with Crippen molar-refractivity contribution in [3.8, 4) is 0 Å². The summed E-state index contributed by atoms with van der Waals surface area (Å²) in [5.41, 5.74) is 7.25. The molecular weight excluding hydrogens is 134 g/mol. The number of allylic oxidation sites excluding steroid dienone is 2. The van der Waals surface area contributed by atoms with Crippen molar-refractivity contribution < 1.29 is 0 Å². The van der Waals surface area contributed by atoms with Crippen molar-refractivity contribution in [2.24, 2.45) is 17.1 Å². The summed E-state index contributed by atoms with van der Waals surface area (Å²) in [5, 5.41) is 0. The molecule has 11 heavy (non-hydrogen) atoms. The van der Waals surface area contributed by atoms with Crippen LogP contribution in [0, 0.1) is 11.3 Å². The second-order valence-corrected chi connectivity index (χ2v) is 4.62. The standard InChI is InChI=1S/C10H19N/c1-10(2,3)8-4-6-9(11)7-5-8/h6,8H,4-5,7,11H2,1-3H3. The molecule has 0 saturated carbocycles. The van der Waals surface area contributed by atoms with E-state index in [1.165, 1.54) is 12.8 Å². The molecule has 0 aromatic carbocycles. The van der Waals surface area contributed by atoms with Crippen LogP contribution in [0.4, 0.5) is 0 Å². The topological polar surface area (TPSA) is 26.0 Å². The van der Waals surface area contributed by atoms with Crippen LogP contribution < -0.4 is 5.73 Å². The maximum atomic E-state index is 5.70. The fourth-order valence-corrected chi connectivity index (χ4v) is 1.64. The lowest BCUT2D eigenvalue weighted by Gasteiger charge is -2.32. The van der Waals surface area contributed by atoms with E-state index in [0.717, 1.165) is 18.0 Å². The van der Waals surface area contributed by atoms with Crippen LogP contribution in [0.15, 0.2) is 11.8 Å². The zero-order valence-electron chi connectivity index (χ0n) is 7.85. The maximum Gasteiger partial charge on any atom is 0.00401 e. The molecule has 0 heterocycles. The smallest absolute Gasteiger partial charge is 0.00401 e. The highest BCUT2D eigenvalue weighted by Crippen LogP contribution is 2.35. The maximum absolute atomic E-state index is 5.70. The molecule has 1 atom stereocenters. The van der Waals surface area contributed by atoms with Gasteiger partial charge >= 0.3 is 0 Å². The largest absolute Gasteiger partial charge is 0.402 e. The first-order valence-electron chi connectivity index (χ1n) is 4.44. The van der Waals surface area contributed by atoms with Crippen LogP contribution in [0.3, 0.4) is 0 Å². The van der Waals surface area contributed by atoms with Gasteiger partial charge in [0, 0.05) is 5.70 Å². The van der Waals surface area contributed by atoms with Crippen LogP contribution >= 0.6 is 0 Å². The Morgan fingerprint density at radius 3 is 2.45 bits per heavy atom. The average Bonchev–Trinajstić information content (AvgIpc) is 1.86. The van der Waals surface area contributed by atoms with Crippen LogP contribution in [0.5, 0.6) is 0 Å². The Morgan fingerprint density at radius 2 is 2.09 bits per heavy atom. The predicted molar refractivity (Wildman–Crippen MR) is 49.1 cm³/mol. The molecule has 1 rings (SSSR count). The summed E-state index contributed by atoms with van der Waals surface area (Å²) < 4.78 is 0. The van der Waals surface area contributed by atoms with Gasteiger partial charge in [-0.15, -0.1) is 0 Å². The molecule has 1 nitrogen and oxygen atoms in total.